The smallest absolute Gasteiger partial charge is 0.306 e. The van der Waals surface area contributed by atoms with Crippen molar-refractivity contribution in [3.05, 3.63) is 12.1 Å². The van der Waals surface area contributed by atoms with Crippen molar-refractivity contribution in [1.29, 1.82) is 0 Å². The summed E-state index contributed by atoms with van der Waals surface area (Å²) >= 11 is 0. The molecule has 0 radical (unpaired) electrons. The van der Waals surface area contributed by atoms with Crippen molar-refractivity contribution in [3.63, 3.8) is 0 Å². The number of anilines is 1. The quantitative estimate of drug-likeness (QED) is 0.689. The number of hydrogen-bond acceptors (Lipinski definition) is 6. The number of rotatable bonds is 5. The minimum absolute atomic E-state index is 0.0845. The first kappa shape index (κ1) is 18.5. The number of methoxy groups -OCH3 is 1. The fourth-order valence-corrected chi connectivity index (χ4v) is 4.67. The van der Waals surface area contributed by atoms with E-state index < -0.39 is 21.9 Å². The Morgan fingerprint density at radius 2 is 2.00 bits per heavy atom. The van der Waals surface area contributed by atoms with Crippen molar-refractivity contribution in [1.82, 2.24) is 4.72 Å². The zero-order valence-corrected chi connectivity index (χ0v) is 15.0. The second-order valence-corrected chi connectivity index (χ2v) is 8.03. The Kier molecular flexibility index (Phi) is 5.05. The van der Waals surface area contributed by atoms with Gasteiger partial charge in [-0.2, -0.15) is 0 Å². The maximum atomic E-state index is 12.8. The molecule has 9 nitrogen and oxygen atoms in total. The Labute approximate surface area is 150 Å². The van der Waals surface area contributed by atoms with Crippen molar-refractivity contribution in [2.75, 3.05) is 19.0 Å². The highest BCUT2D eigenvalue weighted by atomic mass is 32.2. The highest BCUT2D eigenvalue weighted by Crippen LogP contribution is 2.37. The van der Waals surface area contributed by atoms with Crippen LogP contribution in [0.3, 0.4) is 0 Å². The van der Waals surface area contributed by atoms with E-state index in [1.54, 1.807) is 0 Å². The molecule has 0 aromatic heterocycles. The molecule has 142 valence electrons. The zero-order valence-electron chi connectivity index (χ0n) is 14.1. The van der Waals surface area contributed by atoms with Crippen LogP contribution < -0.4 is 19.5 Å². The summed E-state index contributed by atoms with van der Waals surface area (Å²) in [6, 6.07) is 2.39. The lowest BCUT2D eigenvalue weighted by molar-refractivity contribution is -0.142. The fourth-order valence-electron chi connectivity index (χ4n) is 3.20. The van der Waals surface area contributed by atoms with Gasteiger partial charge < -0.3 is 19.9 Å². The molecule has 0 unspecified atom stereocenters. The topological polar surface area (TPSA) is 131 Å². The van der Waals surface area contributed by atoms with Gasteiger partial charge in [-0.1, -0.05) is 0 Å². The van der Waals surface area contributed by atoms with Gasteiger partial charge in [-0.05, 0) is 25.7 Å². The van der Waals surface area contributed by atoms with Crippen LogP contribution in [0.2, 0.25) is 0 Å². The number of aliphatic carboxylic acids is 1. The summed E-state index contributed by atoms with van der Waals surface area (Å²) in [5.41, 5.74) is 0.346. The molecule has 0 saturated heterocycles. The first-order valence-corrected chi connectivity index (χ1v) is 9.68. The van der Waals surface area contributed by atoms with Gasteiger partial charge in [-0.25, -0.2) is 13.1 Å². The van der Waals surface area contributed by atoms with Crippen LogP contribution in [0.25, 0.3) is 0 Å². The van der Waals surface area contributed by atoms with E-state index in [4.69, 9.17) is 14.6 Å². The molecule has 0 bridgehead atoms. The van der Waals surface area contributed by atoms with Crippen molar-refractivity contribution in [2.45, 2.75) is 36.6 Å². The van der Waals surface area contributed by atoms with Crippen LogP contribution in [-0.4, -0.2) is 45.2 Å². The molecular weight excluding hydrogens is 364 g/mol. The summed E-state index contributed by atoms with van der Waals surface area (Å²) < 4.78 is 38.7. The second kappa shape index (κ2) is 7.12. The first-order chi connectivity index (χ1) is 12.3. The van der Waals surface area contributed by atoms with E-state index in [1.165, 1.54) is 19.2 Å². The van der Waals surface area contributed by atoms with Gasteiger partial charge >= 0.3 is 5.97 Å². The molecule has 1 aromatic rings. The fraction of sp³-hybridized carbons (Fsp3) is 0.500. The van der Waals surface area contributed by atoms with Crippen LogP contribution >= 0.6 is 0 Å². The van der Waals surface area contributed by atoms with Gasteiger partial charge in [0.2, 0.25) is 10.0 Å². The Hall–Kier alpha value is -2.33. The number of amides is 1. The number of fused-ring (bicyclic) bond motifs is 1. The average Bonchev–Trinajstić information content (AvgIpc) is 2.60. The lowest BCUT2D eigenvalue weighted by Gasteiger charge is -2.27. The number of carbonyl (C=O) groups excluding carboxylic acids is 1. The van der Waals surface area contributed by atoms with Crippen LogP contribution in [-0.2, 0) is 19.6 Å². The molecule has 1 amide bonds. The molecule has 26 heavy (non-hydrogen) atoms. The number of sulfonamides is 1. The third kappa shape index (κ3) is 3.75. The van der Waals surface area contributed by atoms with Crippen molar-refractivity contribution < 1.29 is 32.6 Å². The van der Waals surface area contributed by atoms with Crippen LogP contribution in [0.5, 0.6) is 11.5 Å². The molecule has 0 spiro atoms. The highest BCUT2D eigenvalue weighted by Gasteiger charge is 2.31. The maximum absolute atomic E-state index is 12.8. The molecule has 3 rings (SSSR count). The maximum Gasteiger partial charge on any atom is 0.306 e. The number of carboxylic acids is 1. The van der Waals surface area contributed by atoms with Crippen LogP contribution in [0.4, 0.5) is 5.69 Å². The molecule has 1 saturated carbocycles. The molecule has 1 aromatic carbocycles. The van der Waals surface area contributed by atoms with Crippen molar-refractivity contribution >= 4 is 27.6 Å². The molecule has 3 N–H and O–H groups in total. The number of carbonyl (C=O) groups is 2. The lowest BCUT2D eigenvalue weighted by atomic mass is 9.87. The minimum Gasteiger partial charge on any atom is -0.495 e. The van der Waals surface area contributed by atoms with Gasteiger partial charge in [0.15, 0.2) is 6.61 Å². The minimum atomic E-state index is -3.90. The Bertz CT molecular complexity index is 829. The summed E-state index contributed by atoms with van der Waals surface area (Å²) in [6.45, 7) is -0.189. The lowest BCUT2D eigenvalue weighted by Crippen LogP contribution is -2.38. The van der Waals surface area contributed by atoms with E-state index in [0.29, 0.717) is 31.4 Å². The van der Waals surface area contributed by atoms with Gasteiger partial charge in [0.05, 0.1) is 18.7 Å². The van der Waals surface area contributed by atoms with E-state index in [0.717, 1.165) is 0 Å². The summed E-state index contributed by atoms with van der Waals surface area (Å²) in [5, 5.41) is 11.6. The SMILES string of the molecule is COc1cc2c(cc1S(=O)(=O)NC1CCC(C(=O)O)CC1)OCC(=O)N2. The third-order valence-electron chi connectivity index (χ3n) is 4.59. The highest BCUT2D eigenvalue weighted by molar-refractivity contribution is 7.89. The summed E-state index contributed by atoms with van der Waals surface area (Å²) in [7, 11) is -2.56. The molecule has 0 atom stereocenters. The second-order valence-electron chi connectivity index (χ2n) is 6.34. The molecule has 10 heteroatoms. The van der Waals surface area contributed by atoms with Crippen LogP contribution in [0, 0.1) is 5.92 Å². The number of hydrogen-bond donors (Lipinski definition) is 3. The van der Waals surface area contributed by atoms with Gasteiger partial charge in [0.1, 0.15) is 16.4 Å². The predicted molar refractivity (Wildman–Crippen MR) is 90.8 cm³/mol. The van der Waals surface area contributed by atoms with E-state index >= 15 is 0 Å². The molecule has 2 aliphatic rings. The monoisotopic (exact) mass is 384 g/mol. The summed E-state index contributed by atoms with van der Waals surface area (Å²) in [4.78, 5) is 22.3. The molecule has 1 heterocycles. The van der Waals surface area contributed by atoms with Crippen molar-refractivity contribution in [2.24, 2.45) is 5.92 Å². The van der Waals surface area contributed by atoms with Crippen LogP contribution in [0.15, 0.2) is 17.0 Å². The number of benzene rings is 1. The Balaban J connectivity index is 1.81. The van der Waals surface area contributed by atoms with Crippen molar-refractivity contribution in [3.8, 4) is 11.5 Å². The Morgan fingerprint density at radius 1 is 1.31 bits per heavy atom. The molecular formula is C16H20N2O7S. The largest absolute Gasteiger partial charge is 0.495 e. The van der Waals surface area contributed by atoms with E-state index in [1.807, 2.05) is 0 Å². The third-order valence-corrected chi connectivity index (χ3v) is 6.13. The average molecular weight is 384 g/mol. The molecule has 1 aliphatic heterocycles. The van der Waals surface area contributed by atoms with Gasteiger partial charge in [0.25, 0.3) is 5.91 Å². The van der Waals surface area contributed by atoms with Gasteiger partial charge in [-0.15, -0.1) is 0 Å². The number of carboxylic acid groups (broad SMARTS) is 1. The van der Waals surface area contributed by atoms with Crippen LogP contribution in [0.1, 0.15) is 25.7 Å². The Morgan fingerprint density at radius 3 is 2.62 bits per heavy atom. The number of nitrogens with one attached hydrogen (secondary N) is 2. The standard InChI is InChI=1S/C16H20N2O7S/c1-24-13-6-11-12(25-8-15(19)17-11)7-14(13)26(22,23)18-10-4-2-9(3-5-10)16(20)21/h6-7,9-10,18H,2-5,8H2,1H3,(H,17,19)(H,20,21). The zero-order chi connectivity index (χ0) is 18.9. The van der Waals surface area contributed by atoms with E-state index in [2.05, 4.69) is 10.0 Å². The predicted octanol–water partition coefficient (Wildman–Crippen LogP) is 0.948. The normalized spacial score (nSPS) is 22.7. The number of ether oxygens (including phenoxy) is 2. The molecule has 1 aliphatic carbocycles. The first-order valence-electron chi connectivity index (χ1n) is 8.20. The summed E-state index contributed by atoms with van der Waals surface area (Å²) in [5.74, 6) is -1.27. The summed E-state index contributed by atoms with van der Waals surface area (Å²) in [6.07, 6.45) is 1.77. The van der Waals surface area contributed by atoms with Gasteiger partial charge in [0, 0.05) is 18.2 Å². The van der Waals surface area contributed by atoms with E-state index in [-0.39, 0.29) is 35.0 Å². The van der Waals surface area contributed by atoms with Gasteiger partial charge in [-0.3, -0.25) is 9.59 Å². The van der Waals surface area contributed by atoms with E-state index in [9.17, 15) is 18.0 Å². The molecule has 1 fully saturated rings.